The Labute approximate surface area is 113 Å². The molecule has 2 N–H and O–H groups in total. The van der Waals surface area contributed by atoms with Gasteiger partial charge < -0.3 is 15.4 Å². The molecular formula is C14H20N3O2. The highest BCUT2D eigenvalue weighted by Crippen LogP contribution is 2.17. The van der Waals surface area contributed by atoms with Crippen LogP contribution in [0.5, 0.6) is 0 Å². The maximum atomic E-state index is 12.2. The maximum absolute atomic E-state index is 12.2. The van der Waals surface area contributed by atoms with Crippen LogP contribution in [0.3, 0.4) is 0 Å². The van der Waals surface area contributed by atoms with E-state index in [1.807, 2.05) is 20.8 Å². The lowest BCUT2D eigenvalue weighted by Gasteiger charge is -2.35. The smallest absolute Gasteiger partial charge is 0.330 e. The number of hydrogen-bond acceptors (Lipinski definition) is 5. The number of aromatic nitrogens is 1. The lowest BCUT2D eigenvalue weighted by atomic mass is 9.98. The van der Waals surface area contributed by atoms with Crippen molar-refractivity contribution in [1.82, 2.24) is 10.3 Å². The van der Waals surface area contributed by atoms with Crippen molar-refractivity contribution in [3.05, 3.63) is 24.4 Å². The lowest BCUT2D eigenvalue weighted by Crippen LogP contribution is -2.57. The molecule has 1 aliphatic rings. The van der Waals surface area contributed by atoms with E-state index >= 15 is 0 Å². The van der Waals surface area contributed by atoms with Crippen LogP contribution < -0.4 is 10.6 Å². The van der Waals surface area contributed by atoms with Gasteiger partial charge in [-0.1, -0.05) is 0 Å². The topological polar surface area (TPSA) is 63.2 Å². The van der Waals surface area contributed by atoms with Crippen molar-refractivity contribution in [3.63, 3.8) is 0 Å². The van der Waals surface area contributed by atoms with E-state index in [0.717, 1.165) is 13.0 Å². The third-order valence-electron chi connectivity index (χ3n) is 2.84. The Morgan fingerprint density at radius 2 is 2.37 bits per heavy atom. The third kappa shape index (κ3) is 3.92. The summed E-state index contributed by atoms with van der Waals surface area (Å²) in [4.78, 5) is 16.4. The minimum absolute atomic E-state index is 0.0980. The Bertz CT molecular complexity index is 424. The molecule has 0 aromatic carbocycles. The quantitative estimate of drug-likeness (QED) is 0.802. The number of carbonyl (C=O) groups excluding carboxylic acids is 1. The first kappa shape index (κ1) is 13.8. The van der Waals surface area contributed by atoms with Crippen molar-refractivity contribution in [2.75, 3.05) is 11.9 Å². The molecule has 5 nitrogen and oxygen atoms in total. The molecular weight excluding hydrogens is 242 g/mol. The molecule has 1 aromatic rings. The van der Waals surface area contributed by atoms with Crippen LogP contribution in [0.4, 0.5) is 5.82 Å². The molecule has 2 unspecified atom stereocenters. The first-order valence-corrected chi connectivity index (χ1v) is 6.50. The fraction of sp³-hybridized carbons (Fsp3) is 0.571. The van der Waals surface area contributed by atoms with Gasteiger partial charge in [-0.2, -0.15) is 0 Å². The third-order valence-corrected chi connectivity index (χ3v) is 2.84. The molecule has 0 spiro atoms. The van der Waals surface area contributed by atoms with E-state index in [-0.39, 0.29) is 12.0 Å². The number of esters is 1. The highest BCUT2D eigenvalue weighted by Gasteiger charge is 2.35. The Morgan fingerprint density at radius 1 is 1.63 bits per heavy atom. The second-order valence-corrected chi connectivity index (χ2v) is 5.65. The van der Waals surface area contributed by atoms with Gasteiger partial charge in [0, 0.05) is 18.3 Å². The van der Waals surface area contributed by atoms with Gasteiger partial charge in [0.2, 0.25) is 0 Å². The fourth-order valence-electron chi connectivity index (χ4n) is 1.85. The fourth-order valence-corrected chi connectivity index (χ4v) is 1.85. The number of hydrogen-bond donors (Lipinski definition) is 2. The number of anilines is 1. The lowest BCUT2D eigenvalue weighted by molar-refractivity contribution is -0.157. The summed E-state index contributed by atoms with van der Waals surface area (Å²) < 4.78 is 5.45. The van der Waals surface area contributed by atoms with Crippen molar-refractivity contribution in [2.45, 2.75) is 44.9 Å². The van der Waals surface area contributed by atoms with Gasteiger partial charge in [0.15, 0.2) is 0 Å². The number of ether oxygens (including phenoxy) is 1. The van der Waals surface area contributed by atoms with Crippen LogP contribution in [0.2, 0.25) is 0 Å². The highest BCUT2D eigenvalue weighted by molar-refractivity contribution is 5.80. The largest absolute Gasteiger partial charge is 0.458 e. The van der Waals surface area contributed by atoms with E-state index in [4.69, 9.17) is 4.74 Å². The number of pyridine rings is 1. The van der Waals surface area contributed by atoms with Gasteiger partial charge in [0.25, 0.3) is 0 Å². The molecule has 1 saturated heterocycles. The molecule has 1 fully saturated rings. The van der Waals surface area contributed by atoms with Crippen LogP contribution in [-0.2, 0) is 9.53 Å². The van der Waals surface area contributed by atoms with E-state index in [9.17, 15) is 4.79 Å². The van der Waals surface area contributed by atoms with Crippen LogP contribution in [0.1, 0.15) is 27.2 Å². The first-order valence-electron chi connectivity index (χ1n) is 6.50. The molecule has 1 radical (unpaired) electrons. The Balaban J connectivity index is 2.06. The molecule has 0 saturated carbocycles. The standard InChI is InChI=1S/C14H20N3O2/c1-14(2,3)19-13(18)12(10-7-9-15-10)17-11-6-4-5-8-16-11/h4,6,8,10,12,15H,7,9H2,1-3H3,(H,16,17). The predicted molar refractivity (Wildman–Crippen MR) is 72.7 cm³/mol. The van der Waals surface area contributed by atoms with E-state index in [1.165, 1.54) is 0 Å². The zero-order valence-corrected chi connectivity index (χ0v) is 11.6. The molecule has 103 valence electrons. The molecule has 0 amide bonds. The number of rotatable bonds is 4. The molecule has 2 atom stereocenters. The maximum Gasteiger partial charge on any atom is 0.330 e. The van der Waals surface area contributed by atoms with Crippen LogP contribution in [0, 0.1) is 6.07 Å². The van der Waals surface area contributed by atoms with Crippen molar-refractivity contribution >= 4 is 11.8 Å². The SMILES string of the molecule is CC(C)(C)OC(=O)C(Nc1cc[c]cn1)C1CCN1. The Hall–Kier alpha value is -1.62. The van der Waals surface area contributed by atoms with Crippen LogP contribution >= 0.6 is 0 Å². The molecule has 0 bridgehead atoms. The summed E-state index contributed by atoms with van der Waals surface area (Å²) in [6.07, 6.45) is 2.53. The molecule has 2 rings (SSSR count). The summed E-state index contributed by atoms with van der Waals surface area (Å²) in [5.41, 5.74) is -0.487. The summed E-state index contributed by atoms with van der Waals surface area (Å²) in [5, 5.41) is 6.37. The zero-order chi connectivity index (χ0) is 13.9. The second kappa shape index (κ2) is 5.57. The second-order valence-electron chi connectivity index (χ2n) is 5.65. The van der Waals surface area contributed by atoms with E-state index < -0.39 is 11.6 Å². The van der Waals surface area contributed by atoms with E-state index in [0.29, 0.717) is 5.82 Å². The highest BCUT2D eigenvalue weighted by atomic mass is 16.6. The predicted octanol–water partition coefficient (Wildman–Crippen LogP) is 1.37. The molecule has 0 aliphatic carbocycles. The van der Waals surface area contributed by atoms with Crippen molar-refractivity contribution in [2.24, 2.45) is 0 Å². The van der Waals surface area contributed by atoms with Gasteiger partial charge in [-0.05, 0) is 45.9 Å². The van der Waals surface area contributed by atoms with Gasteiger partial charge in [-0.15, -0.1) is 0 Å². The summed E-state index contributed by atoms with van der Waals surface area (Å²) >= 11 is 0. The van der Waals surface area contributed by atoms with Gasteiger partial charge in [-0.3, -0.25) is 0 Å². The van der Waals surface area contributed by atoms with Gasteiger partial charge in [0.1, 0.15) is 17.5 Å². The average molecular weight is 262 g/mol. The minimum Gasteiger partial charge on any atom is -0.458 e. The minimum atomic E-state index is -0.487. The van der Waals surface area contributed by atoms with Crippen LogP contribution in [0.15, 0.2) is 18.3 Å². The van der Waals surface area contributed by atoms with Gasteiger partial charge in [0.05, 0.1) is 0 Å². The van der Waals surface area contributed by atoms with Crippen molar-refractivity contribution in [1.29, 1.82) is 0 Å². The average Bonchev–Trinajstić information content (AvgIpc) is 2.25. The van der Waals surface area contributed by atoms with Gasteiger partial charge >= 0.3 is 5.97 Å². The van der Waals surface area contributed by atoms with Crippen LogP contribution in [-0.4, -0.2) is 35.2 Å². The molecule has 1 aliphatic heterocycles. The van der Waals surface area contributed by atoms with Crippen molar-refractivity contribution < 1.29 is 9.53 Å². The van der Waals surface area contributed by atoms with E-state index in [2.05, 4.69) is 21.7 Å². The summed E-state index contributed by atoms with van der Waals surface area (Å²) in [6.45, 7) is 6.53. The molecule has 1 aromatic heterocycles. The normalized spacial score (nSPS) is 20.3. The Morgan fingerprint density at radius 3 is 2.84 bits per heavy atom. The Kier molecular flexibility index (Phi) is 4.04. The molecule has 5 heteroatoms. The summed E-state index contributed by atoms with van der Waals surface area (Å²) in [7, 11) is 0. The van der Waals surface area contributed by atoms with Crippen LogP contribution in [0.25, 0.3) is 0 Å². The molecule has 2 heterocycles. The monoisotopic (exact) mass is 262 g/mol. The van der Waals surface area contributed by atoms with Crippen molar-refractivity contribution in [3.8, 4) is 0 Å². The van der Waals surface area contributed by atoms with Gasteiger partial charge in [-0.25, -0.2) is 9.78 Å². The summed E-state index contributed by atoms with van der Waals surface area (Å²) in [6, 6.07) is 6.08. The zero-order valence-electron chi connectivity index (χ0n) is 11.6. The van der Waals surface area contributed by atoms with E-state index in [1.54, 1.807) is 18.3 Å². The number of carbonyl (C=O) groups is 1. The number of nitrogens with zero attached hydrogens (tertiary/aromatic N) is 1. The summed E-state index contributed by atoms with van der Waals surface area (Å²) in [5.74, 6) is 0.405. The molecule has 19 heavy (non-hydrogen) atoms. The number of nitrogens with one attached hydrogen (secondary N) is 2. The first-order chi connectivity index (χ1) is 8.96.